The number of halogens is 3. The van der Waals surface area contributed by atoms with Crippen LogP contribution in [-0.2, 0) is 4.79 Å². The van der Waals surface area contributed by atoms with Crippen LogP contribution in [0.1, 0.15) is 18.1 Å². The molecule has 0 spiro atoms. The van der Waals surface area contributed by atoms with Crippen molar-refractivity contribution in [2.45, 2.75) is 36.6 Å². The highest BCUT2D eigenvalue weighted by Gasteiger charge is 2.15. The number of carbonyl (C=O) groups is 1. The van der Waals surface area contributed by atoms with Gasteiger partial charge in [-0.25, -0.2) is 0 Å². The molecule has 3 aromatic rings. The van der Waals surface area contributed by atoms with Gasteiger partial charge in [0.2, 0.25) is 5.91 Å². The Morgan fingerprint density at radius 3 is 2.13 bits per heavy atom. The number of rotatable bonds is 6. The lowest BCUT2D eigenvalue weighted by molar-refractivity contribution is -0.116. The van der Waals surface area contributed by atoms with Gasteiger partial charge < -0.3 is 10.6 Å². The third-order valence-electron chi connectivity index (χ3n) is 4.61. The van der Waals surface area contributed by atoms with Crippen molar-refractivity contribution in [3.8, 4) is 0 Å². The summed E-state index contributed by atoms with van der Waals surface area (Å²) in [5.41, 5.74) is 3.83. The van der Waals surface area contributed by atoms with Crippen LogP contribution in [0.4, 0.5) is 11.4 Å². The summed E-state index contributed by atoms with van der Waals surface area (Å²) in [6, 6.07) is 17.0. The fourth-order valence-corrected chi connectivity index (χ4v) is 4.22. The third-order valence-corrected chi connectivity index (χ3v) is 6.65. The molecule has 0 bridgehead atoms. The highest BCUT2D eigenvalue weighted by molar-refractivity contribution is 7.99. The van der Waals surface area contributed by atoms with E-state index in [1.807, 2.05) is 24.3 Å². The van der Waals surface area contributed by atoms with Crippen molar-refractivity contribution >= 4 is 63.8 Å². The number of carbonyl (C=O) groups excluding carboxylic acids is 1. The van der Waals surface area contributed by atoms with E-state index in [9.17, 15) is 4.79 Å². The second-order valence-electron chi connectivity index (χ2n) is 6.97. The van der Waals surface area contributed by atoms with E-state index in [0.29, 0.717) is 20.8 Å². The molecule has 0 aliphatic rings. The van der Waals surface area contributed by atoms with E-state index in [1.165, 1.54) is 28.2 Å². The molecule has 0 radical (unpaired) electrons. The van der Waals surface area contributed by atoms with E-state index in [0.717, 1.165) is 10.6 Å². The maximum absolute atomic E-state index is 12.5. The Balaban J connectivity index is 1.61. The van der Waals surface area contributed by atoms with Gasteiger partial charge in [-0.1, -0.05) is 52.6 Å². The minimum absolute atomic E-state index is 0.233. The van der Waals surface area contributed by atoms with Gasteiger partial charge in [-0.2, -0.15) is 0 Å². The lowest BCUT2D eigenvalue weighted by Crippen LogP contribution is -2.31. The summed E-state index contributed by atoms with van der Waals surface area (Å²) in [4.78, 5) is 14.8. The fraction of sp³-hybridized carbons (Fsp3) is 0.174. The van der Waals surface area contributed by atoms with Gasteiger partial charge in [-0.15, -0.1) is 0 Å². The average molecular weight is 480 g/mol. The lowest BCUT2D eigenvalue weighted by Gasteiger charge is -2.16. The van der Waals surface area contributed by atoms with E-state index in [1.54, 1.807) is 18.7 Å². The molecule has 156 valence electrons. The molecule has 3 aromatic carbocycles. The third kappa shape index (κ3) is 5.86. The first-order valence-electron chi connectivity index (χ1n) is 9.30. The van der Waals surface area contributed by atoms with Crippen LogP contribution < -0.4 is 10.6 Å². The van der Waals surface area contributed by atoms with E-state index >= 15 is 0 Å². The second kappa shape index (κ2) is 9.97. The van der Waals surface area contributed by atoms with Crippen molar-refractivity contribution in [1.29, 1.82) is 0 Å². The van der Waals surface area contributed by atoms with Gasteiger partial charge >= 0.3 is 0 Å². The molecule has 0 aliphatic heterocycles. The fourth-order valence-electron chi connectivity index (χ4n) is 2.71. The minimum atomic E-state index is -0.478. The highest BCUT2D eigenvalue weighted by Crippen LogP contribution is 2.33. The number of nitrogens with one attached hydrogen (secondary N) is 2. The van der Waals surface area contributed by atoms with Crippen LogP contribution in [0.5, 0.6) is 0 Å². The minimum Gasteiger partial charge on any atom is -0.374 e. The van der Waals surface area contributed by atoms with Gasteiger partial charge in [0.15, 0.2) is 0 Å². The summed E-state index contributed by atoms with van der Waals surface area (Å²) < 4.78 is 0. The molecule has 7 heteroatoms. The van der Waals surface area contributed by atoms with E-state index < -0.39 is 6.04 Å². The van der Waals surface area contributed by atoms with Gasteiger partial charge in [0.05, 0.1) is 20.8 Å². The molecule has 0 unspecified atom stereocenters. The smallest absolute Gasteiger partial charge is 0.246 e. The molecule has 3 rings (SSSR count). The van der Waals surface area contributed by atoms with Crippen molar-refractivity contribution < 1.29 is 4.79 Å². The van der Waals surface area contributed by atoms with Gasteiger partial charge in [0.25, 0.3) is 0 Å². The van der Waals surface area contributed by atoms with Crippen LogP contribution in [0, 0.1) is 13.8 Å². The maximum Gasteiger partial charge on any atom is 0.246 e. The molecule has 3 nitrogen and oxygen atoms in total. The molecule has 1 atom stereocenters. The first-order chi connectivity index (χ1) is 14.2. The molecule has 0 saturated heterocycles. The predicted octanol–water partition coefficient (Wildman–Crippen LogP) is 7.85. The van der Waals surface area contributed by atoms with Crippen LogP contribution >= 0.6 is 46.6 Å². The number of anilines is 2. The first kappa shape index (κ1) is 22.8. The summed E-state index contributed by atoms with van der Waals surface area (Å²) in [6.07, 6.45) is 0. The van der Waals surface area contributed by atoms with E-state index in [4.69, 9.17) is 34.8 Å². The van der Waals surface area contributed by atoms with Crippen molar-refractivity contribution in [2.24, 2.45) is 0 Å². The zero-order valence-electron chi connectivity index (χ0n) is 16.7. The number of aryl methyl sites for hydroxylation is 2. The summed E-state index contributed by atoms with van der Waals surface area (Å²) in [5, 5.41) is 6.96. The Hall–Kier alpha value is -1.85. The largest absolute Gasteiger partial charge is 0.374 e. The molecule has 0 heterocycles. The first-order valence-corrected chi connectivity index (χ1v) is 11.2. The van der Waals surface area contributed by atoms with Crippen LogP contribution in [0.3, 0.4) is 0 Å². The highest BCUT2D eigenvalue weighted by atomic mass is 35.5. The number of amides is 1. The van der Waals surface area contributed by atoms with Crippen molar-refractivity contribution in [3.05, 3.63) is 80.8 Å². The molecule has 0 saturated carbocycles. The van der Waals surface area contributed by atoms with Crippen molar-refractivity contribution in [1.82, 2.24) is 0 Å². The zero-order valence-corrected chi connectivity index (χ0v) is 19.8. The average Bonchev–Trinajstić information content (AvgIpc) is 2.70. The Bertz CT molecular complexity index is 1070. The number of hydrogen-bond donors (Lipinski definition) is 2. The topological polar surface area (TPSA) is 41.1 Å². The molecular formula is C23H21Cl3N2OS. The predicted molar refractivity (Wildman–Crippen MR) is 130 cm³/mol. The summed E-state index contributed by atoms with van der Waals surface area (Å²) >= 11 is 19.8. The van der Waals surface area contributed by atoms with Crippen molar-refractivity contribution in [3.63, 3.8) is 0 Å². The van der Waals surface area contributed by atoms with Crippen LogP contribution in [-0.4, -0.2) is 11.9 Å². The quantitative estimate of drug-likeness (QED) is 0.354. The summed E-state index contributed by atoms with van der Waals surface area (Å²) in [7, 11) is 0. The molecule has 2 N–H and O–H groups in total. The second-order valence-corrected chi connectivity index (χ2v) is 9.34. The van der Waals surface area contributed by atoms with Crippen molar-refractivity contribution in [2.75, 3.05) is 10.6 Å². The number of benzene rings is 3. The summed E-state index contributed by atoms with van der Waals surface area (Å²) in [5.74, 6) is -0.233. The summed E-state index contributed by atoms with van der Waals surface area (Å²) in [6.45, 7) is 6.00. The monoisotopic (exact) mass is 478 g/mol. The Morgan fingerprint density at radius 1 is 0.833 bits per heavy atom. The van der Waals surface area contributed by atoms with Crippen LogP contribution in [0.25, 0.3) is 0 Å². The van der Waals surface area contributed by atoms with Gasteiger partial charge in [-0.3, -0.25) is 4.79 Å². The lowest BCUT2D eigenvalue weighted by atomic mass is 10.1. The zero-order chi connectivity index (χ0) is 21.8. The number of hydrogen-bond acceptors (Lipinski definition) is 3. The Kier molecular flexibility index (Phi) is 7.59. The van der Waals surface area contributed by atoms with E-state index in [-0.39, 0.29) is 5.91 Å². The SMILES string of the molecule is Cc1ccc(Sc2ccc(N[C@@H](C)C(=O)Nc3cc(Cl)c(Cl)cc3Cl)cc2)cc1C. The van der Waals surface area contributed by atoms with Crippen LogP contribution in [0.15, 0.2) is 64.4 Å². The molecule has 30 heavy (non-hydrogen) atoms. The normalized spacial score (nSPS) is 11.8. The van der Waals surface area contributed by atoms with Gasteiger partial charge in [0.1, 0.15) is 6.04 Å². The van der Waals surface area contributed by atoms with Gasteiger partial charge in [-0.05, 0) is 80.4 Å². The molecule has 0 aromatic heterocycles. The van der Waals surface area contributed by atoms with E-state index in [2.05, 4.69) is 42.7 Å². The maximum atomic E-state index is 12.5. The standard InChI is InChI=1S/C23H21Cl3N2OS/c1-13-4-7-18(10-14(13)2)30-17-8-5-16(6-9-17)27-15(3)23(29)28-22-12-20(25)19(24)11-21(22)26/h4-12,15,27H,1-3H3,(H,28,29)/t15-/m0/s1. The Labute approximate surface area is 196 Å². The molecule has 0 fully saturated rings. The van der Waals surface area contributed by atoms with Crippen LogP contribution in [0.2, 0.25) is 15.1 Å². The molecule has 0 aliphatic carbocycles. The molecule has 1 amide bonds. The molecular weight excluding hydrogens is 459 g/mol. The van der Waals surface area contributed by atoms with Gasteiger partial charge in [0, 0.05) is 15.5 Å². The Morgan fingerprint density at radius 2 is 1.47 bits per heavy atom.